The Labute approximate surface area is 359 Å². The van der Waals surface area contributed by atoms with Gasteiger partial charge in [-0.3, -0.25) is 9.59 Å². The van der Waals surface area contributed by atoms with Crippen molar-refractivity contribution in [3.63, 3.8) is 0 Å². The summed E-state index contributed by atoms with van der Waals surface area (Å²) in [5.74, 6) is -1.30. The maximum absolute atomic E-state index is 10.4. The van der Waals surface area contributed by atoms with E-state index in [2.05, 4.69) is 13.8 Å². The average Bonchev–Trinajstić information content (AvgIpc) is 3.20. The summed E-state index contributed by atoms with van der Waals surface area (Å²) >= 11 is 0. The van der Waals surface area contributed by atoms with E-state index < -0.39 is 11.9 Å². The number of carbonyl (C=O) groups is 2. The first-order valence-electron chi connectivity index (χ1n) is 26.5. The van der Waals surface area contributed by atoms with Crippen molar-refractivity contribution in [3.05, 3.63) is 0 Å². The molecule has 0 amide bonds. The molecule has 4 heteroatoms. The van der Waals surface area contributed by atoms with Crippen LogP contribution in [0.1, 0.15) is 328 Å². The van der Waals surface area contributed by atoms with Crippen molar-refractivity contribution in [2.45, 2.75) is 328 Å². The number of carboxylic acid groups (broad SMARTS) is 2. The molecule has 0 aromatic carbocycles. The van der Waals surface area contributed by atoms with Gasteiger partial charge in [0.05, 0.1) is 0 Å². The first-order valence-corrected chi connectivity index (χ1v) is 26.5. The van der Waals surface area contributed by atoms with Crippen molar-refractivity contribution in [3.8, 4) is 0 Å². The van der Waals surface area contributed by atoms with Gasteiger partial charge in [0.15, 0.2) is 0 Å². The molecule has 57 heavy (non-hydrogen) atoms. The van der Waals surface area contributed by atoms with E-state index >= 15 is 0 Å². The molecule has 0 aliphatic carbocycles. The molecule has 0 unspecified atom stereocenters. The third kappa shape index (κ3) is 61.7. The molecule has 0 saturated heterocycles. The van der Waals surface area contributed by atoms with E-state index in [1.165, 1.54) is 276 Å². The summed E-state index contributed by atoms with van der Waals surface area (Å²) in [6.45, 7) is 4.58. The Morgan fingerprint density at radius 2 is 0.316 bits per heavy atom. The lowest BCUT2D eigenvalue weighted by Gasteiger charge is -2.04. The van der Waals surface area contributed by atoms with Crippen LogP contribution in [-0.4, -0.2) is 22.2 Å². The van der Waals surface area contributed by atoms with Gasteiger partial charge in [0.1, 0.15) is 0 Å². The predicted molar refractivity (Wildman–Crippen MR) is 253 cm³/mol. The van der Waals surface area contributed by atoms with Crippen LogP contribution < -0.4 is 0 Å². The molecular weight excluding hydrogens is 701 g/mol. The topological polar surface area (TPSA) is 74.6 Å². The molecule has 0 aromatic rings. The second-order valence-electron chi connectivity index (χ2n) is 18.2. The Kier molecular flexibility index (Phi) is 55.9. The summed E-state index contributed by atoms with van der Waals surface area (Å²) in [6.07, 6.45) is 65.5. The Morgan fingerprint density at radius 3 is 0.421 bits per heavy atom. The fourth-order valence-electron chi connectivity index (χ4n) is 8.30. The van der Waals surface area contributed by atoms with E-state index in [0.29, 0.717) is 12.8 Å². The smallest absolute Gasteiger partial charge is 0.303 e. The van der Waals surface area contributed by atoms with E-state index in [9.17, 15) is 9.59 Å². The monoisotopic (exact) mass is 807 g/mol. The molecular formula is C53H106O4. The van der Waals surface area contributed by atoms with Gasteiger partial charge in [-0.25, -0.2) is 0 Å². The van der Waals surface area contributed by atoms with Crippen molar-refractivity contribution in [1.82, 2.24) is 0 Å². The van der Waals surface area contributed by atoms with Crippen LogP contribution in [0.3, 0.4) is 0 Å². The van der Waals surface area contributed by atoms with Gasteiger partial charge in [-0.2, -0.15) is 0 Å². The van der Waals surface area contributed by atoms with Crippen LogP contribution >= 0.6 is 0 Å². The Balaban J connectivity index is 0. The zero-order valence-corrected chi connectivity index (χ0v) is 39.4. The van der Waals surface area contributed by atoms with Gasteiger partial charge < -0.3 is 10.2 Å². The minimum absolute atomic E-state index is 0.346. The molecule has 0 fully saturated rings. The maximum Gasteiger partial charge on any atom is 0.303 e. The second-order valence-corrected chi connectivity index (χ2v) is 18.2. The third-order valence-electron chi connectivity index (χ3n) is 12.2. The summed E-state index contributed by atoms with van der Waals surface area (Å²) in [7, 11) is 0. The lowest BCUT2D eigenvalue weighted by atomic mass is 10.0. The zero-order valence-electron chi connectivity index (χ0n) is 39.4. The Bertz CT molecular complexity index is 736. The third-order valence-corrected chi connectivity index (χ3v) is 12.2. The molecule has 2 N–H and O–H groups in total. The molecule has 0 radical (unpaired) electrons. The predicted octanol–water partition coefficient (Wildman–Crippen LogP) is 19.3. The lowest BCUT2D eigenvalue weighted by Crippen LogP contribution is -1.93. The van der Waals surface area contributed by atoms with Gasteiger partial charge in [-0.15, -0.1) is 0 Å². The van der Waals surface area contributed by atoms with E-state index in [-0.39, 0.29) is 0 Å². The average molecular weight is 807 g/mol. The number of aliphatic carboxylic acids is 2. The van der Waals surface area contributed by atoms with Crippen molar-refractivity contribution in [2.75, 3.05) is 0 Å². The van der Waals surface area contributed by atoms with Crippen molar-refractivity contribution >= 4 is 11.9 Å². The van der Waals surface area contributed by atoms with Crippen LogP contribution in [0.2, 0.25) is 0 Å². The first kappa shape index (κ1) is 58.0. The SMILES string of the molecule is CCCCCCCCCCCCCCCCCCCCCCCCCC(=O)O.CCCCCCCCCCCCCCCCCCCCCCCCCCC(=O)O. The van der Waals surface area contributed by atoms with E-state index in [0.717, 1.165) is 25.7 Å². The molecule has 0 heterocycles. The highest BCUT2D eigenvalue weighted by molar-refractivity contribution is 5.66. The summed E-state index contributed by atoms with van der Waals surface area (Å²) < 4.78 is 0. The van der Waals surface area contributed by atoms with Crippen molar-refractivity contribution in [2.24, 2.45) is 0 Å². The molecule has 0 aromatic heterocycles. The van der Waals surface area contributed by atoms with Crippen LogP contribution in [0.15, 0.2) is 0 Å². The minimum Gasteiger partial charge on any atom is -0.481 e. The van der Waals surface area contributed by atoms with E-state index in [1.807, 2.05) is 0 Å². The Hall–Kier alpha value is -1.06. The van der Waals surface area contributed by atoms with Crippen molar-refractivity contribution in [1.29, 1.82) is 0 Å². The highest BCUT2D eigenvalue weighted by Crippen LogP contribution is 2.18. The van der Waals surface area contributed by atoms with E-state index in [1.54, 1.807) is 0 Å². The number of carboxylic acids is 2. The number of rotatable bonds is 49. The summed E-state index contributed by atoms with van der Waals surface area (Å²) in [4.78, 5) is 20.8. The largest absolute Gasteiger partial charge is 0.481 e. The van der Waals surface area contributed by atoms with Crippen LogP contribution in [0.25, 0.3) is 0 Å². The summed E-state index contributed by atoms with van der Waals surface area (Å²) in [6, 6.07) is 0. The molecule has 0 bridgehead atoms. The molecule has 0 rings (SSSR count). The molecule has 0 spiro atoms. The normalized spacial score (nSPS) is 11.2. The fraction of sp³-hybridized carbons (Fsp3) is 0.962. The Morgan fingerprint density at radius 1 is 0.211 bits per heavy atom. The number of hydrogen-bond donors (Lipinski definition) is 2. The number of hydrogen-bond acceptors (Lipinski definition) is 2. The minimum atomic E-state index is -0.650. The zero-order chi connectivity index (χ0) is 41.8. The molecule has 0 aliphatic rings. The highest BCUT2D eigenvalue weighted by atomic mass is 16.4. The van der Waals surface area contributed by atoms with Gasteiger partial charge in [0.2, 0.25) is 0 Å². The van der Waals surface area contributed by atoms with Crippen LogP contribution in [0.5, 0.6) is 0 Å². The second kappa shape index (κ2) is 54.9. The maximum atomic E-state index is 10.4. The molecule has 4 nitrogen and oxygen atoms in total. The van der Waals surface area contributed by atoms with Gasteiger partial charge in [0.25, 0.3) is 0 Å². The standard InChI is InChI=1S/C27H54O2.C26H52O2/c1-2-3-4-5-6-7-8-9-10-11-12-13-14-15-16-17-18-19-20-21-22-23-24-25-26-27(28)29;1-2-3-4-5-6-7-8-9-10-11-12-13-14-15-16-17-18-19-20-21-22-23-24-25-26(27)28/h2-26H2,1H3,(H,28,29);2-25H2,1H3,(H,27,28). The number of unbranched alkanes of at least 4 members (excludes halogenated alkanes) is 45. The molecule has 0 saturated carbocycles. The molecule has 342 valence electrons. The highest BCUT2D eigenvalue weighted by Gasteiger charge is 2.00. The van der Waals surface area contributed by atoms with Crippen molar-refractivity contribution < 1.29 is 19.8 Å². The van der Waals surface area contributed by atoms with Crippen LogP contribution in [-0.2, 0) is 9.59 Å². The van der Waals surface area contributed by atoms with Crippen LogP contribution in [0.4, 0.5) is 0 Å². The van der Waals surface area contributed by atoms with Gasteiger partial charge in [-0.05, 0) is 12.8 Å². The van der Waals surface area contributed by atoms with Gasteiger partial charge in [0, 0.05) is 12.8 Å². The summed E-state index contributed by atoms with van der Waals surface area (Å²) in [5.41, 5.74) is 0. The quantitative estimate of drug-likeness (QED) is 0.0601. The molecule has 0 atom stereocenters. The van der Waals surface area contributed by atoms with Gasteiger partial charge in [-0.1, -0.05) is 303 Å². The summed E-state index contributed by atoms with van der Waals surface area (Å²) in [5, 5.41) is 17.2. The lowest BCUT2D eigenvalue weighted by molar-refractivity contribution is -0.138. The van der Waals surface area contributed by atoms with Gasteiger partial charge >= 0.3 is 11.9 Å². The van der Waals surface area contributed by atoms with E-state index in [4.69, 9.17) is 10.2 Å². The first-order chi connectivity index (χ1) is 28.0. The fourth-order valence-corrected chi connectivity index (χ4v) is 8.30. The molecule has 0 aliphatic heterocycles. The van der Waals surface area contributed by atoms with Crippen LogP contribution in [0, 0.1) is 0 Å².